The molecule has 14 aromatic carbocycles. The predicted molar refractivity (Wildman–Crippen MR) is 481 cm³/mol. The number of aromatic nitrogens is 2. The molecule has 113 heavy (non-hydrogen) atoms. The van der Waals surface area contributed by atoms with E-state index in [-0.39, 0.29) is 34.0 Å². The van der Waals surface area contributed by atoms with Crippen LogP contribution in [0, 0.1) is 0 Å². The van der Waals surface area contributed by atoms with Crippen LogP contribution in [0.25, 0.3) is 11.1 Å². The van der Waals surface area contributed by atoms with E-state index in [4.69, 9.17) is 52.2 Å². The average Bonchev–Trinajstić information content (AvgIpc) is 1.63. The fourth-order valence-corrected chi connectivity index (χ4v) is 21.6. The quantitative estimate of drug-likeness (QED) is 0.0631. The summed E-state index contributed by atoms with van der Waals surface area (Å²) in [6.45, 7) is 0.472. The number of nitrogens with zero attached hydrogens (tertiary/aromatic N) is 2. The summed E-state index contributed by atoms with van der Waals surface area (Å²) >= 11 is 14.8. The maximum atomic E-state index is 8.81. The Kier molecular flexibility index (Phi) is 33.9. The van der Waals surface area contributed by atoms with Crippen LogP contribution in [0.4, 0.5) is 0 Å². The van der Waals surface area contributed by atoms with Gasteiger partial charge in [0.1, 0.15) is 10.3 Å². The molecule has 0 aliphatic carbocycles. The molecule has 0 bridgehead atoms. The van der Waals surface area contributed by atoms with Gasteiger partial charge >= 0.3 is 7.12 Å². The van der Waals surface area contributed by atoms with Crippen molar-refractivity contribution in [3.8, 4) is 34.1 Å². The zero-order chi connectivity index (χ0) is 77.2. The monoisotopic (exact) mass is 1740 g/mol. The van der Waals surface area contributed by atoms with E-state index in [1.807, 2.05) is 42.5 Å². The molecule has 16 aromatic rings. The molecule has 18 rings (SSSR count). The van der Waals surface area contributed by atoms with Gasteiger partial charge in [0.05, 0.1) is 4.47 Å². The number of benzene rings is 14. The number of ether oxygens (including phenoxy) is 4. The van der Waals surface area contributed by atoms with Gasteiger partial charge in [0.15, 0.2) is 23.0 Å². The molecule has 0 radical (unpaired) electrons. The Balaban J connectivity index is 0.000000132. The van der Waals surface area contributed by atoms with Gasteiger partial charge in [0.2, 0.25) is 13.6 Å². The Morgan fingerprint density at radius 1 is 0.265 bits per heavy atom. The molecule has 0 saturated heterocycles. The maximum absolute atomic E-state index is 8.81. The second-order valence-electron chi connectivity index (χ2n) is 24.5. The van der Waals surface area contributed by atoms with Gasteiger partial charge in [0, 0.05) is 38.4 Å². The first-order valence-electron chi connectivity index (χ1n) is 36.1. The van der Waals surface area contributed by atoms with Crippen LogP contribution in [0.5, 0.6) is 23.0 Å². The third-order valence-electron chi connectivity index (χ3n) is 17.0. The van der Waals surface area contributed by atoms with Crippen LogP contribution in [-0.2, 0) is 20.4 Å². The van der Waals surface area contributed by atoms with Crippen LogP contribution in [0.2, 0.25) is 10.3 Å². The first-order chi connectivity index (χ1) is 55.2. The number of pyridine rings is 2. The minimum atomic E-state index is -1.46. The van der Waals surface area contributed by atoms with E-state index >= 15 is 0 Å². The Bertz CT molecular complexity index is 4530. The van der Waals surface area contributed by atoms with Gasteiger partial charge in [-0.25, -0.2) is 9.97 Å². The molecule has 0 unspecified atom stereocenters. The Morgan fingerprint density at radius 3 is 0.726 bits per heavy atom. The SMILES string of the molecule is Clc1ncccc1-c1ccc2c(c1)OCO2.Clc1ncccc1Br.OB(O)c1ccc2c(c1)OCO2.[Pd].c1ccc(P(c2ccccc2)c2ccccc2)cc1.c1ccc(P(c2ccccc2)c2ccccc2)cc1.c1ccc(P(c2ccccc2)c2ccccc2)cc1.c1ccc(P(c2ccccc2)c2ccccc2)cc1. The molecule has 0 spiro atoms. The molecule has 2 N–H and O–H groups in total. The van der Waals surface area contributed by atoms with E-state index in [1.54, 1.807) is 30.6 Å². The number of rotatable bonds is 14. The maximum Gasteiger partial charge on any atom is 0.488 e. The molecule has 8 nitrogen and oxygen atoms in total. The number of fused-ring (bicyclic) bond motifs is 2. The van der Waals surface area contributed by atoms with Crippen molar-refractivity contribution in [1.29, 1.82) is 0 Å². The largest absolute Gasteiger partial charge is 0.488 e. The first-order valence-corrected chi connectivity index (χ1v) is 43.0. The minimum absolute atomic E-state index is 0. The molecule has 562 valence electrons. The molecule has 0 amide bonds. The number of hydrogen-bond donors (Lipinski definition) is 2. The topological polar surface area (TPSA) is 103 Å². The van der Waals surface area contributed by atoms with Gasteiger partial charge in [-0.15, -0.1) is 0 Å². The van der Waals surface area contributed by atoms with Gasteiger partial charge in [0.25, 0.3) is 0 Å². The fraction of sp³-hybridized carbons (Fsp3) is 0.0208. The van der Waals surface area contributed by atoms with Crippen LogP contribution in [0.1, 0.15) is 0 Å². The van der Waals surface area contributed by atoms with Crippen LogP contribution >= 0.6 is 70.8 Å². The van der Waals surface area contributed by atoms with Crippen molar-refractivity contribution in [3.63, 3.8) is 0 Å². The smallest absolute Gasteiger partial charge is 0.454 e. The van der Waals surface area contributed by atoms with Crippen molar-refractivity contribution in [2.24, 2.45) is 0 Å². The van der Waals surface area contributed by atoms with E-state index < -0.39 is 38.8 Å². The van der Waals surface area contributed by atoms with Crippen molar-refractivity contribution < 1.29 is 49.4 Å². The third kappa shape index (κ3) is 25.0. The summed E-state index contributed by atoms with van der Waals surface area (Å²) in [7, 11) is -3.24. The summed E-state index contributed by atoms with van der Waals surface area (Å²) in [6, 6.07) is 147. The summed E-state index contributed by atoms with van der Waals surface area (Å²) in [6.07, 6.45) is 3.31. The zero-order valence-corrected chi connectivity index (χ0v) is 69.5. The number of halogens is 3. The molecule has 0 saturated carbocycles. The first kappa shape index (κ1) is 83.9. The van der Waals surface area contributed by atoms with Gasteiger partial charge in [-0.2, -0.15) is 0 Å². The van der Waals surface area contributed by atoms with Gasteiger partial charge in [-0.1, -0.05) is 399 Å². The van der Waals surface area contributed by atoms with Crippen LogP contribution in [0.3, 0.4) is 0 Å². The van der Waals surface area contributed by atoms with Crippen molar-refractivity contribution in [3.05, 3.63) is 452 Å². The van der Waals surface area contributed by atoms with Crippen LogP contribution < -0.4 is 88.1 Å². The van der Waals surface area contributed by atoms with E-state index in [1.165, 1.54) is 63.7 Å². The molecule has 4 heterocycles. The van der Waals surface area contributed by atoms with E-state index in [0.717, 1.165) is 27.1 Å². The molecule has 2 aliphatic rings. The van der Waals surface area contributed by atoms with Crippen molar-refractivity contribution in [1.82, 2.24) is 9.97 Å². The molecular formula is C96H78BBrCl2N2O6P4Pd. The van der Waals surface area contributed by atoms with E-state index in [9.17, 15) is 0 Å². The zero-order valence-electron chi connectivity index (χ0n) is 61.2. The minimum Gasteiger partial charge on any atom is -0.454 e. The molecule has 2 aliphatic heterocycles. The van der Waals surface area contributed by atoms with E-state index in [2.05, 4.69) is 390 Å². The summed E-state index contributed by atoms with van der Waals surface area (Å²) < 4.78 is 21.5. The second kappa shape index (κ2) is 45.6. The van der Waals surface area contributed by atoms with Crippen molar-refractivity contribution in [2.75, 3.05) is 13.6 Å². The van der Waals surface area contributed by atoms with Gasteiger partial charge < -0.3 is 29.0 Å². The normalized spacial score (nSPS) is 11.0. The van der Waals surface area contributed by atoms with Crippen LogP contribution in [-0.4, -0.2) is 40.7 Å². The van der Waals surface area contributed by atoms with E-state index in [0.29, 0.717) is 27.3 Å². The second-order valence-corrected chi connectivity index (χ2v) is 35.0. The van der Waals surface area contributed by atoms with Crippen LogP contribution in [0.15, 0.2) is 442 Å². The number of hydrogen-bond acceptors (Lipinski definition) is 8. The summed E-state index contributed by atoms with van der Waals surface area (Å²) in [5.41, 5.74) is 2.27. The Hall–Kier alpha value is -9.99. The molecule has 17 heteroatoms. The average molecular weight is 1750 g/mol. The Morgan fingerprint density at radius 2 is 0.496 bits per heavy atom. The molecule has 0 fully saturated rings. The predicted octanol–water partition coefficient (Wildman–Crippen LogP) is 18.5. The molecular weight excluding hydrogens is 1670 g/mol. The summed E-state index contributed by atoms with van der Waals surface area (Å²) in [5, 5.41) is 35.4. The molecule has 2 aromatic heterocycles. The van der Waals surface area contributed by atoms with Crippen molar-refractivity contribution >= 4 is 147 Å². The molecule has 0 atom stereocenters. The summed E-state index contributed by atoms with van der Waals surface area (Å²) in [5.74, 6) is 2.71. The third-order valence-corrected chi connectivity index (χ3v) is 28.3. The fourth-order valence-electron chi connectivity index (χ4n) is 11.8. The summed E-state index contributed by atoms with van der Waals surface area (Å²) in [4.78, 5) is 7.84. The Labute approximate surface area is 700 Å². The van der Waals surface area contributed by atoms with Gasteiger partial charge in [-0.3, -0.25) is 0 Å². The standard InChI is InChI=1S/4C18H15P.C12H8ClNO2.C7H7BO4.C5H3BrClN.Pd/c4*1-4-10-16(11-5-1)19(17-12-6-2-7-13-17)18-14-8-3-9-15-18;13-12-9(2-1-5-14-12)8-3-4-10-11(6-8)16-7-15-10;9-8(10)5-1-2-6-7(3-5)12-4-11-6;6-4-2-1-3-8-5(4)7;/h4*1-15H;1-6H,7H2;1-3,9-10H,4H2;1-3H;. The van der Waals surface area contributed by atoms with Gasteiger partial charge in [-0.05, 0) is 171 Å². The van der Waals surface area contributed by atoms with Crippen molar-refractivity contribution in [2.45, 2.75) is 0 Å².